The van der Waals surface area contributed by atoms with Crippen LogP contribution in [0.1, 0.15) is 55.6 Å². The molecule has 0 radical (unpaired) electrons. The Morgan fingerprint density at radius 2 is 1.68 bits per heavy atom. The van der Waals surface area contributed by atoms with Gasteiger partial charge < -0.3 is 24.2 Å². The van der Waals surface area contributed by atoms with E-state index < -0.39 is 17.4 Å². The van der Waals surface area contributed by atoms with Crippen LogP contribution in [0.3, 0.4) is 0 Å². The van der Waals surface area contributed by atoms with Gasteiger partial charge in [-0.25, -0.2) is 13.8 Å². The zero-order valence-corrected chi connectivity index (χ0v) is 25.3. The van der Waals surface area contributed by atoms with Crippen LogP contribution in [0, 0.1) is 5.92 Å². The molecule has 1 aromatic carbocycles. The number of rotatable bonds is 11. The molecule has 2 aromatic heterocycles. The molecule has 0 saturated heterocycles. The lowest BCUT2D eigenvalue weighted by Gasteiger charge is -2.41. The van der Waals surface area contributed by atoms with Gasteiger partial charge in [0.2, 0.25) is 23.6 Å². The number of aliphatic hydroxyl groups is 1. The second-order valence-corrected chi connectivity index (χ2v) is 11.8. The van der Waals surface area contributed by atoms with E-state index >= 15 is 0 Å². The standard InChI is InChI=1S/C30H38BrF2N3O4/c1-36(2)13-12-30(37,21-17-26(38-3)35-27(18-21)39-4)24(14-19-8-10-29(32,33)11-9-19)23-16-20-15-22(31)6-7-25(20)34-28(23)40-5/h6-7,15-19,24,37H,8-14H2,1-5H3. The second kappa shape index (κ2) is 12.5. The predicted octanol–water partition coefficient (Wildman–Crippen LogP) is 6.56. The summed E-state index contributed by atoms with van der Waals surface area (Å²) in [6, 6.07) is 11.2. The third-order valence-corrected chi connectivity index (χ3v) is 8.45. The SMILES string of the molecule is COc1cc(C(O)(CCN(C)C)C(CC2CCC(F)(F)CC2)c2cc3cc(Br)ccc3nc2OC)cc(OC)n1. The molecule has 3 aromatic rings. The van der Waals surface area contributed by atoms with Crippen molar-refractivity contribution in [3.63, 3.8) is 0 Å². The van der Waals surface area contributed by atoms with Crippen LogP contribution in [-0.2, 0) is 5.60 Å². The number of ether oxygens (including phenoxy) is 3. The van der Waals surface area contributed by atoms with E-state index in [1.807, 2.05) is 43.3 Å². The van der Waals surface area contributed by atoms with E-state index in [0.717, 1.165) is 20.9 Å². The van der Waals surface area contributed by atoms with Crippen molar-refractivity contribution in [1.29, 1.82) is 0 Å². The monoisotopic (exact) mass is 621 g/mol. The molecule has 10 heteroatoms. The van der Waals surface area contributed by atoms with Crippen molar-refractivity contribution in [2.24, 2.45) is 5.92 Å². The Labute approximate surface area is 243 Å². The molecule has 40 heavy (non-hydrogen) atoms. The van der Waals surface area contributed by atoms with Gasteiger partial charge in [0.1, 0.15) is 0 Å². The number of pyridine rings is 2. The van der Waals surface area contributed by atoms with E-state index in [0.29, 0.717) is 55.4 Å². The smallest absolute Gasteiger partial charge is 0.248 e. The number of alkyl halides is 2. The quantitative estimate of drug-likeness (QED) is 0.260. The Hall–Kier alpha value is -2.56. The molecule has 2 atom stereocenters. The zero-order chi connectivity index (χ0) is 29.1. The Bertz CT molecular complexity index is 1290. The first-order valence-corrected chi connectivity index (χ1v) is 14.3. The summed E-state index contributed by atoms with van der Waals surface area (Å²) in [6.07, 6.45) is 1.28. The van der Waals surface area contributed by atoms with Crippen LogP contribution in [-0.4, -0.2) is 67.9 Å². The maximum atomic E-state index is 14.1. The maximum Gasteiger partial charge on any atom is 0.248 e. The van der Waals surface area contributed by atoms with Crippen molar-refractivity contribution < 1.29 is 28.1 Å². The predicted molar refractivity (Wildman–Crippen MR) is 155 cm³/mol. The van der Waals surface area contributed by atoms with Crippen molar-refractivity contribution in [3.8, 4) is 17.6 Å². The van der Waals surface area contributed by atoms with Crippen LogP contribution in [0.5, 0.6) is 17.6 Å². The summed E-state index contributed by atoms with van der Waals surface area (Å²) in [4.78, 5) is 11.1. The van der Waals surface area contributed by atoms with Gasteiger partial charge in [0.25, 0.3) is 0 Å². The highest BCUT2D eigenvalue weighted by Gasteiger charge is 2.45. The fraction of sp³-hybridized carbons (Fsp3) is 0.533. The number of hydrogen-bond acceptors (Lipinski definition) is 7. The molecule has 1 N–H and O–H groups in total. The van der Waals surface area contributed by atoms with Crippen LogP contribution in [0.25, 0.3) is 10.9 Å². The third kappa shape index (κ3) is 6.83. The lowest BCUT2D eigenvalue weighted by atomic mass is 9.69. The summed E-state index contributed by atoms with van der Waals surface area (Å²) in [6.45, 7) is 0.567. The number of aromatic nitrogens is 2. The van der Waals surface area contributed by atoms with Crippen LogP contribution in [0.2, 0.25) is 0 Å². The van der Waals surface area contributed by atoms with Crippen LogP contribution >= 0.6 is 15.9 Å². The van der Waals surface area contributed by atoms with Crippen molar-refractivity contribution >= 4 is 26.8 Å². The first-order valence-electron chi connectivity index (χ1n) is 13.5. The van der Waals surface area contributed by atoms with E-state index in [4.69, 9.17) is 19.2 Å². The van der Waals surface area contributed by atoms with Gasteiger partial charge in [-0.05, 0) is 75.5 Å². The van der Waals surface area contributed by atoms with E-state index in [1.165, 1.54) is 14.2 Å². The molecule has 218 valence electrons. The summed E-state index contributed by atoms with van der Waals surface area (Å²) < 4.78 is 45.9. The van der Waals surface area contributed by atoms with Gasteiger partial charge in [-0.2, -0.15) is 4.98 Å². The molecule has 1 saturated carbocycles. The summed E-state index contributed by atoms with van der Waals surface area (Å²) >= 11 is 3.55. The average molecular weight is 623 g/mol. The molecule has 1 fully saturated rings. The third-order valence-electron chi connectivity index (χ3n) is 7.96. The van der Waals surface area contributed by atoms with Crippen molar-refractivity contribution in [3.05, 3.63) is 52.0 Å². The topological polar surface area (TPSA) is 76.9 Å². The van der Waals surface area contributed by atoms with Gasteiger partial charge in [-0.15, -0.1) is 0 Å². The number of nitrogens with zero attached hydrogens (tertiary/aromatic N) is 3. The highest BCUT2D eigenvalue weighted by molar-refractivity contribution is 9.10. The Morgan fingerprint density at radius 3 is 2.25 bits per heavy atom. The van der Waals surface area contributed by atoms with Crippen LogP contribution < -0.4 is 14.2 Å². The van der Waals surface area contributed by atoms with Gasteiger partial charge in [-0.1, -0.05) is 15.9 Å². The molecule has 4 rings (SSSR count). The Kier molecular flexibility index (Phi) is 9.52. The maximum absolute atomic E-state index is 14.1. The molecule has 7 nitrogen and oxygen atoms in total. The number of fused-ring (bicyclic) bond motifs is 1. The minimum Gasteiger partial charge on any atom is -0.481 e. The summed E-state index contributed by atoms with van der Waals surface area (Å²) in [5.74, 6) is -2.18. The zero-order valence-electron chi connectivity index (χ0n) is 23.7. The minimum absolute atomic E-state index is 0.0101. The summed E-state index contributed by atoms with van der Waals surface area (Å²) in [7, 11) is 8.48. The van der Waals surface area contributed by atoms with E-state index in [-0.39, 0.29) is 18.8 Å². The van der Waals surface area contributed by atoms with Gasteiger partial charge in [0, 0.05) is 52.9 Å². The molecular formula is C30H38BrF2N3O4. The normalized spacial score (nSPS) is 17.9. The number of halogens is 3. The van der Waals surface area contributed by atoms with Gasteiger partial charge >= 0.3 is 0 Å². The minimum atomic E-state index is -2.65. The highest BCUT2D eigenvalue weighted by atomic mass is 79.9. The van der Waals surface area contributed by atoms with E-state index in [9.17, 15) is 13.9 Å². The Balaban J connectivity index is 1.93. The number of methoxy groups -OCH3 is 3. The molecule has 1 aliphatic rings. The van der Waals surface area contributed by atoms with Crippen LogP contribution in [0.4, 0.5) is 8.78 Å². The number of hydrogen-bond donors (Lipinski definition) is 1. The largest absolute Gasteiger partial charge is 0.481 e. The fourth-order valence-corrected chi connectivity index (χ4v) is 6.04. The van der Waals surface area contributed by atoms with Crippen molar-refractivity contribution in [2.75, 3.05) is 42.0 Å². The fourth-order valence-electron chi connectivity index (χ4n) is 5.66. The lowest BCUT2D eigenvalue weighted by molar-refractivity contribution is -0.0557. The summed E-state index contributed by atoms with van der Waals surface area (Å²) in [5.41, 5.74) is 0.591. The summed E-state index contributed by atoms with van der Waals surface area (Å²) in [5, 5.41) is 13.7. The molecule has 0 spiro atoms. The molecule has 0 amide bonds. The Morgan fingerprint density at radius 1 is 1.02 bits per heavy atom. The van der Waals surface area contributed by atoms with Gasteiger partial charge in [0.05, 0.1) is 32.4 Å². The first-order chi connectivity index (χ1) is 19.0. The first kappa shape index (κ1) is 30.4. The molecule has 0 bridgehead atoms. The highest BCUT2D eigenvalue weighted by Crippen LogP contribution is 2.50. The molecular weight excluding hydrogens is 584 g/mol. The van der Waals surface area contributed by atoms with E-state index in [2.05, 4.69) is 20.9 Å². The average Bonchev–Trinajstić information content (AvgIpc) is 2.94. The van der Waals surface area contributed by atoms with Crippen molar-refractivity contribution in [2.45, 2.75) is 56.0 Å². The molecule has 1 aliphatic carbocycles. The number of benzene rings is 1. The molecule has 0 aliphatic heterocycles. The molecule has 2 unspecified atom stereocenters. The van der Waals surface area contributed by atoms with E-state index in [1.54, 1.807) is 19.2 Å². The van der Waals surface area contributed by atoms with Crippen molar-refractivity contribution in [1.82, 2.24) is 14.9 Å². The van der Waals surface area contributed by atoms with Gasteiger partial charge in [0.15, 0.2) is 0 Å². The van der Waals surface area contributed by atoms with Gasteiger partial charge in [-0.3, -0.25) is 0 Å². The second-order valence-electron chi connectivity index (χ2n) is 10.9. The van der Waals surface area contributed by atoms with Crippen LogP contribution in [0.15, 0.2) is 40.9 Å². The lowest BCUT2D eigenvalue weighted by Crippen LogP contribution is -2.39. The molecule has 2 heterocycles.